The number of carbonyl (C=O) groups is 2. The molecule has 0 aliphatic heterocycles. The number of rotatable bonds is 10. The molecule has 0 saturated heterocycles. The number of nitrogens with zero attached hydrogens (tertiary/aromatic N) is 3. The van der Waals surface area contributed by atoms with E-state index in [9.17, 15) is 9.59 Å². The molecule has 1 fully saturated rings. The predicted octanol–water partition coefficient (Wildman–Crippen LogP) is 4.02. The second-order valence-electron chi connectivity index (χ2n) is 7.99. The van der Waals surface area contributed by atoms with Gasteiger partial charge in [-0.25, -0.2) is 0 Å². The minimum absolute atomic E-state index is 0.0448. The van der Waals surface area contributed by atoms with Gasteiger partial charge in [0, 0.05) is 37.1 Å². The number of hydrogen-bond acceptors (Lipinski definition) is 2. The fourth-order valence-corrected chi connectivity index (χ4v) is 3.56. The van der Waals surface area contributed by atoms with E-state index >= 15 is 0 Å². The molecule has 1 aliphatic rings. The normalized spacial score (nSPS) is 13.3. The van der Waals surface area contributed by atoms with Gasteiger partial charge in [-0.1, -0.05) is 32.4 Å². The molecule has 5 heteroatoms. The molecular formula is C24H33N3O2. The summed E-state index contributed by atoms with van der Waals surface area (Å²) in [5.74, 6) is -0.00704. The van der Waals surface area contributed by atoms with E-state index in [4.69, 9.17) is 0 Å². The van der Waals surface area contributed by atoms with Gasteiger partial charge in [-0.05, 0) is 55.5 Å². The minimum atomic E-state index is -0.0518. The molecule has 2 aromatic rings. The average molecular weight is 396 g/mol. The summed E-state index contributed by atoms with van der Waals surface area (Å²) in [5.41, 5.74) is 2.98. The zero-order valence-corrected chi connectivity index (χ0v) is 17.9. The molecule has 0 unspecified atom stereocenters. The molecule has 2 amide bonds. The summed E-state index contributed by atoms with van der Waals surface area (Å²) >= 11 is 0. The number of carbonyl (C=O) groups excluding carboxylic acids is 2. The monoisotopic (exact) mass is 395 g/mol. The summed E-state index contributed by atoms with van der Waals surface area (Å²) in [6, 6.07) is 12.1. The summed E-state index contributed by atoms with van der Waals surface area (Å²) in [5, 5.41) is 0. The van der Waals surface area contributed by atoms with E-state index in [1.807, 2.05) is 48.5 Å². The molecule has 0 N–H and O–H groups in total. The van der Waals surface area contributed by atoms with Crippen molar-refractivity contribution in [1.82, 2.24) is 14.4 Å². The van der Waals surface area contributed by atoms with Crippen LogP contribution >= 0.6 is 0 Å². The van der Waals surface area contributed by atoms with Gasteiger partial charge in [0.2, 0.25) is 5.91 Å². The molecule has 156 valence electrons. The van der Waals surface area contributed by atoms with Crippen molar-refractivity contribution in [3.63, 3.8) is 0 Å². The molecule has 0 spiro atoms. The third kappa shape index (κ3) is 5.49. The average Bonchev–Trinajstić information content (AvgIpc) is 3.50. The highest BCUT2D eigenvalue weighted by Crippen LogP contribution is 2.28. The van der Waals surface area contributed by atoms with E-state index < -0.39 is 0 Å². The van der Waals surface area contributed by atoms with Crippen molar-refractivity contribution in [2.45, 2.75) is 58.5 Å². The first-order valence-electron chi connectivity index (χ1n) is 10.8. The Kier molecular flexibility index (Phi) is 7.13. The van der Waals surface area contributed by atoms with Crippen molar-refractivity contribution in [2.75, 3.05) is 13.1 Å². The van der Waals surface area contributed by atoms with E-state index in [2.05, 4.69) is 24.5 Å². The maximum absolute atomic E-state index is 13.2. The molecule has 3 rings (SSSR count). The van der Waals surface area contributed by atoms with E-state index in [1.54, 1.807) is 4.90 Å². The molecule has 1 aliphatic carbocycles. The highest BCUT2D eigenvalue weighted by molar-refractivity contribution is 5.96. The van der Waals surface area contributed by atoms with Crippen LogP contribution in [0.1, 0.15) is 61.1 Å². The Labute approximate surface area is 174 Å². The summed E-state index contributed by atoms with van der Waals surface area (Å²) in [6.07, 6.45) is 6.94. The van der Waals surface area contributed by atoms with Crippen molar-refractivity contribution in [3.05, 3.63) is 59.4 Å². The van der Waals surface area contributed by atoms with Gasteiger partial charge in [0.15, 0.2) is 0 Å². The highest BCUT2D eigenvalue weighted by Gasteiger charge is 2.34. The summed E-state index contributed by atoms with van der Waals surface area (Å²) in [6.45, 7) is 5.57. The third-order valence-electron chi connectivity index (χ3n) is 5.70. The second kappa shape index (κ2) is 9.77. The fourth-order valence-electron chi connectivity index (χ4n) is 3.56. The number of aryl methyl sites for hydroxylation is 2. The van der Waals surface area contributed by atoms with Crippen molar-refractivity contribution < 1.29 is 9.59 Å². The van der Waals surface area contributed by atoms with Crippen LogP contribution in [-0.2, 0) is 24.8 Å². The number of hydrogen-bond donors (Lipinski definition) is 0. The van der Waals surface area contributed by atoms with Crippen LogP contribution in [0.4, 0.5) is 0 Å². The van der Waals surface area contributed by atoms with Crippen LogP contribution in [0.2, 0.25) is 0 Å². The standard InChI is InChI=1S/C24H33N3O2/c1-4-6-16-26(24(29)20-11-9-19(5-2)10-12-20)18-23(28)27(21-13-14-21)17-22-8-7-15-25(22)3/h7-12,15,21H,4-6,13-14,16-18H2,1-3H3. The Hall–Kier alpha value is -2.56. The smallest absolute Gasteiger partial charge is 0.254 e. The Morgan fingerprint density at radius 2 is 1.83 bits per heavy atom. The van der Waals surface area contributed by atoms with Gasteiger partial charge in [0.1, 0.15) is 6.54 Å². The van der Waals surface area contributed by atoms with E-state index in [-0.39, 0.29) is 18.4 Å². The molecular weight excluding hydrogens is 362 g/mol. The van der Waals surface area contributed by atoms with Gasteiger partial charge in [0.25, 0.3) is 5.91 Å². The lowest BCUT2D eigenvalue weighted by atomic mass is 10.1. The summed E-state index contributed by atoms with van der Waals surface area (Å²) in [7, 11) is 2.00. The topological polar surface area (TPSA) is 45.6 Å². The van der Waals surface area contributed by atoms with Crippen LogP contribution < -0.4 is 0 Å². The van der Waals surface area contributed by atoms with E-state index in [0.717, 1.165) is 37.8 Å². The minimum Gasteiger partial charge on any atom is -0.353 e. The first-order valence-corrected chi connectivity index (χ1v) is 10.8. The van der Waals surface area contributed by atoms with Gasteiger partial charge >= 0.3 is 0 Å². The van der Waals surface area contributed by atoms with Gasteiger partial charge in [-0.3, -0.25) is 9.59 Å². The molecule has 0 radical (unpaired) electrons. The molecule has 1 heterocycles. The number of benzene rings is 1. The lowest BCUT2D eigenvalue weighted by molar-refractivity contribution is -0.133. The third-order valence-corrected chi connectivity index (χ3v) is 5.70. The highest BCUT2D eigenvalue weighted by atomic mass is 16.2. The van der Waals surface area contributed by atoms with Crippen molar-refractivity contribution in [1.29, 1.82) is 0 Å². The zero-order valence-electron chi connectivity index (χ0n) is 17.9. The van der Waals surface area contributed by atoms with Gasteiger partial charge < -0.3 is 14.4 Å². The van der Waals surface area contributed by atoms with Crippen molar-refractivity contribution in [3.8, 4) is 0 Å². The molecule has 1 saturated carbocycles. The largest absolute Gasteiger partial charge is 0.353 e. The Balaban J connectivity index is 1.72. The Morgan fingerprint density at radius 1 is 1.10 bits per heavy atom. The summed E-state index contributed by atoms with van der Waals surface area (Å²) in [4.78, 5) is 30.0. The zero-order chi connectivity index (χ0) is 20.8. The maximum atomic E-state index is 13.2. The van der Waals surface area contributed by atoms with Crippen molar-refractivity contribution in [2.24, 2.45) is 7.05 Å². The van der Waals surface area contributed by atoms with E-state index in [0.29, 0.717) is 24.7 Å². The maximum Gasteiger partial charge on any atom is 0.254 e. The Bertz CT molecular complexity index is 821. The predicted molar refractivity (Wildman–Crippen MR) is 116 cm³/mol. The van der Waals surface area contributed by atoms with Crippen LogP contribution in [0, 0.1) is 0 Å². The van der Waals surface area contributed by atoms with Crippen LogP contribution in [-0.4, -0.2) is 45.3 Å². The van der Waals surface area contributed by atoms with E-state index in [1.165, 1.54) is 5.56 Å². The molecule has 0 atom stereocenters. The van der Waals surface area contributed by atoms with Crippen molar-refractivity contribution >= 4 is 11.8 Å². The molecule has 1 aromatic heterocycles. The molecule has 5 nitrogen and oxygen atoms in total. The van der Waals surface area contributed by atoms with Crippen LogP contribution in [0.5, 0.6) is 0 Å². The summed E-state index contributed by atoms with van der Waals surface area (Å²) < 4.78 is 2.05. The number of aromatic nitrogens is 1. The first kappa shape index (κ1) is 21.2. The van der Waals surface area contributed by atoms with Gasteiger partial charge in [-0.15, -0.1) is 0 Å². The quantitative estimate of drug-likeness (QED) is 0.610. The lowest BCUT2D eigenvalue weighted by Crippen LogP contribution is -2.44. The second-order valence-corrected chi connectivity index (χ2v) is 7.99. The molecule has 0 bridgehead atoms. The number of unbranched alkanes of at least 4 members (excludes halogenated alkanes) is 1. The lowest BCUT2D eigenvalue weighted by Gasteiger charge is -2.28. The van der Waals surface area contributed by atoms with Crippen LogP contribution in [0.25, 0.3) is 0 Å². The SMILES string of the molecule is CCCCN(CC(=O)N(Cc1cccn1C)C1CC1)C(=O)c1ccc(CC)cc1. The Morgan fingerprint density at radius 3 is 2.38 bits per heavy atom. The van der Waals surface area contributed by atoms with Crippen LogP contribution in [0.15, 0.2) is 42.6 Å². The van der Waals surface area contributed by atoms with Gasteiger partial charge in [0.05, 0.1) is 6.54 Å². The number of amides is 2. The first-order chi connectivity index (χ1) is 14.0. The molecule has 29 heavy (non-hydrogen) atoms. The van der Waals surface area contributed by atoms with Gasteiger partial charge in [-0.2, -0.15) is 0 Å². The fraction of sp³-hybridized carbons (Fsp3) is 0.500. The molecule has 1 aromatic carbocycles. The van der Waals surface area contributed by atoms with Crippen LogP contribution in [0.3, 0.4) is 0 Å².